The first-order valence-electron chi connectivity index (χ1n) is 7.99. The second-order valence-electron chi connectivity index (χ2n) is 5.63. The Hall–Kier alpha value is -1.98. The highest BCUT2D eigenvalue weighted by molar-refractivity contribution is 7.11. The van der Waals surface area contributed by atoms with Crippen molar-refractivity contribution < 1.29 is 4.79 Å². The number of aryl methyl sites for hydroxylation is 2. The minimum Gasteiger partial charge on any atom is -0.350 e. The lowest BCUT2D eigenvalue weighted by Gasteiger charge is -2.02. The Balaban J connectivity index is 1.50. The second-order valence-corrected chi connectivity index (χ2v) is 7.84. The minimum atomic E-state index is 0.0841. The van der Waals surface area contributed by atoms with Gasteiger partial charge < -0.3 is 5.32 Å². The zero-order chi connectivity index (χ0) is 16.8. The first kappa shape index (κ1) is 16.9. The normalized spacial score (nSPS) is 10.7. The highest BCUT2D eigenvalue weighted by Crippen LogP contribution is 2.21. The molecule has 0 saturated heterocycles. The molecule has 0 spiro atoms. The van der Waals surface area contributed by atoms with Gasteiger partial charge in [0, 0.05) is 22.6 Å². The molecule has 24 heavy (non-hydrogen) atoms. The number of thiophene rings is 1. The highest BCUT2D eigenvalue weighted by atomic mass is 32.1. The number of rotatable bonds is 7. The molecule has 1 aromatic carbocycles. The zero-order valence-electron chi connectivity index (χ0n) is 13.6. The van der Waals surface area contributed by atoms with E-state index in [1.54, 1.807) is 22.7 Å². The third-order valence-electron chi connectivity index (χ3n) is 3.76. The summed E-state index contributed by atoms with van der Waals surface area (Å²) in [5.41, 5.74) is 2.35. The smallest absolute Gasteiger partial charge is 0.220 e. The quantitative estimate of drug-likeness (QED) is 0.684. The number of amides is 1. The van der Waals surface area contributed by atoms with Crippen LogP contribution in [0.25, 0.3) is 0 Å². The van der Waals surface area contributed by atoms with Crippen LogP contribution in [0.5, 0.6) is 0 Å². The van der Waals surface area contributed by atoms with E-state index in [1.165, 1.54) is 15.3 Å². The number of nitrogens with one attached hydrogen (secondary N) is 1. The third kappa shape index (κ3) is 4.76. The van der Waals surface area contributed by atoms with Crippen LogP contribution in [-0.4, -0.2) is 10.9 Å². The molecule has 0 atom stereocenters. The van der Waals surface area contributed by atoms with Crippen LogP contribution in [0.15, 0.2) is 47.8 Å². The maximum absolute atomic E-state index is 12.0. The van der Waals surface area contributed by atoms with Crippen molar-refractivity contribution in [2.45, 2.75) is 32.7 Å². The van der Waals surface area contributed by atoms with Crippen molar-refractivity contribution in [2.24, 2.45) is 0 Å². The van der Waals surface area contributed by atoms with Crippen molar-refractivity contribution in [2.75, 3.05) is 0 Å². The summed E-state index contributed by atoms with van der Waals surface area (Å²) >= 11 is 3.38. The summed E-state index contributed by atoms with van der Waals surface area (Å²) in [6, 6.07) is 14.5. The van der Waals surface area contributed by atoms with Crippen LogP contribution < -0.4 is 5.32 Å². The van der Waals surface area contributed by atoms with E-state index >= 15 is 0 Å². The van der Waals surface area contributed by atoms with E-state index in [9.17, 15) is 4.79 Å². The van der Waals surface area contributed by atoms with Gasteiger partial charge in [-0.15, -0.1) is 22.7 Å². The molecule has 3 nitrogen and oxygen atoms in total. The van der Waals surface area contributed by atoms with Gasteiger partial charge in [-0.25, -0.2) is 4.98 Å². The number of benzene rings is 1. The van der Waals surface area contributed by atoms with E-state index in [0.29, 0.717) is 13.0 Å². The van der Waals surface area contributed by atoms with Crippen LogP contribution in [0.3, 0.4) is 0 Å². The van der Waals surface area contributed by atoms with E-state index in [-0.39, 0.29) is 5.91 Å². The van der Waals surface area contributed by atoms with E-state index in [0.717, 1.165) is 23.5 Å². The molecule has 0 aliphatic carbocycles. The van der Waals surface area contributed by atoms with E-state index in [4.69, 9.17) is 0 Å². The summed E-state index contributed by atoms with van der Waals surface area (Å²) in [5.74, 6) is 0.0841. The number of aromatic nitrogens is 1. The standard InChI is InChI=1S/C19H20N2OS2/c1-14-17(12-15-6-3-2-4-7-15)24-19(21-14)13-20-18(22)10-9-16-8-5-11-23-16/h2-8,11H,9-10,12-13H2,1H3,(H,20,22). The zero-order valence-corrected chi connectivity index (χ0v) is 15.3. The van der Waals surface area contributed by atoms with Gasteiger partial charge >= 0.3 is 0 Å². The first-order valence-corrected chi connectivity index (χ1v) is 9.68. The van der Waals surface area contributed by atoms with Gasteiger partial charge in [-0.1, -0.05) is 36.4 Å². The van der Waals surface area contributed by atoms with Gasteiger partial charge in [0.1, 0.15) is 5.01 Å². The largest absolute Gasteiger partial charge is 0.350 e. The summed E-state index contributed by atoms with van der Waals surface area (Å²) < 4.78 is 0. The fourth-order valence-electron chi connectivity index (χ4n) is 2.46. The predicted molar refractivity (Wildman–Crippen MR) is 101 cm³/mol. The Morgan fingerprint density at radius 1 is 1.17 bits per heavy atom. The molecular weight excluding hydrogens is 336 g/mol. The molecule has 0 saturated carbocycles. The van der Waals surface area contributed by atoms with Crippen molar-refractivity contribution in [1.82, 2.24) is 10.3 Å². The molecule has 0 unspecified atom stereocenters. The first-order chi connectivity index (χ1) is 11.7. The van der Waals surface area contributed by atoms with Gasteiger partial charge in [-0.2, -0.15) is 0 Å². The molecule has 1 N–H and O–H groups in total. The maximum atomic E-state index is 12.0. The summed E-state index contributed by atoms with van der Waals surface area (Å²) in [7, 11) is 0. The Morgan fingerprint density at radius 2 is 2.00 bits per heavy atom. The van der Waals surface area contributed by atoms with Crippen LogP contribution >= 0.6 is 22.7 Å². The van der Waals surface area contributed by atoms with Gasteiger partial charge in [-0.05, 0) is 30.4 Å². The number of thiazole rings is 1. The van der Waals surface area contributed by atoms with Crippen LogP contribution in [-0.2, 0) is 24.2 Å². The summed E-state index contributed by atoms with van der Waals surface area (Å²) in [6.07, 6.45) is 2.23. The molecule has 0 aliphatic rings. The molecule has 0 bridgehead atoms. The van der Waals surface area contributed by atoms with Gasteiger partial charge in [0.2, 0.25) is 5.91 Å². The second kappa shape index (κ2) is 8.22. The van der Waals surface area contributed by atoms with Crippen LogP contribution in [0.4, 0.5) is 0 Å². The third-order valence-corrected chi connectivity index (χ3v) is 5.85. The highest BCUT2D eigenvalue weighted by Gasteiger charge is 2.10. The van der Waals surface area contributed by atoms with Crippen LogP contribution in [0, 0.1) is 6.92 Å². The van der Waals surface area contributed by atoms with Gasteiger partial charge in [0.15, 0.2) is 0 Å². The lowest BCUT2D eigenvalue weighted by atomic mass is 10.1. The molecule has 3 aromatic rings. The molecule has 0 aliphatic heterocycles. The predicted octanol–water partition coefficient (Wildman–Crippen LogP) is 4.35. The van der Waals surface area contributed by atoms with Gasteiger partial charge in [-0.3, -0.25) is 4.79 Å². The number of nitrogens with zero attached hydrogens (tertiary/aromatic N) is 1. The molecule has 0 fully saturated rings. The van der Waals surface area contributed by atoms with Crippen molar-refractivity contribution >= 4 is 28.6 Å². The van der Waals surface area contributed by atoms with E-state index in [2.05, 4.69) is 40.6 Å². The topological polar surface area (TPSA) is 42.0 Å². The lowest BCUT2D eigenvalue weighted by Crippen LogP contribution is -2.22. The van der Waals surface area contributed by atoms with Crippen molar-refractivity contribution in [3.63, 3.8) is 0 Å². The molecular formula is C19H20N2OS2. The molecule has 2 aromatic heterocycles. The molecule has 5 heteroatoms. The van der Waals surface area contributed by atoms with Crippen molar-refractivity contribution in [1.29, 1.82) is 0 Å². The summed E-state index contributed by atoms with van der Waals surface area (Å²) in [5, 5.41) is 6.00. The Labute approximate surface area is 150 Å². The fourth-order valence-corrected chi connectivity index (χ4v) is 4.22. The maximum Gasteiger partial charge on any atom is 0.220 e. The van der Waals surface area contributed by atoms with Crippen LogP contribution in [0.1, 0.15) is 32.4 Å². The molecule has 3 rings (SSSR count). The SMILES string of the molecule is Cc1nc(CNC(=O)CCc2cccs2)sc1Cc1ccccc1. The monoisotopic (exact) mass is 356 g/mol. The number of hydrogen-bond donors (Lipinski definition) is 1. The lowest BCUT2D eigenvalue weighted by molar-refractivity contribution is -0.121. The summed E-state index contributed by atoms with van der Waals surface area (Å²) in [4.78, 5) is 19.1. The van der Waals surface area contributed by atoms with Crippen LogP contribution in [0.2, 0.25) is 0 Å². The fraction of sp³-hybridized carbons (Fsp3) is 0.263. The average Bonchev–Trinajstić information content (AvgIpc) is 3.22. The average molecular weight is 357 g/mol. The molecule has 2 heterocycles. The molecule has 0 radical (unpaired) electrons. The van der Waals surface area contributed by atoms with E-state index in [1.807, 2.05) is 24.4 Å². The Morgan fingerprint density at radius 3 is 2.75 bits per heavy atom. The number of carbonyl (C=O) groups excluding carboxylic acids is 1. The van der Waals surface area contributed by atoms with Crippen molar-refractivity contribution in [3.05, 3.63) is 73.9 Å². The number of hydrogen-bond acceptors (Lipinski definition) is 4. The molecule has 124 valence electrons. The summed E-state index contributed by atoms with van der Waals surface area (Å²) in [6.45, 7) is 2.56. The number of carbonyl (C=O) groups is 1. The Kier molecular flexibility index (Phi) is 5.77. The van der Waals surface area contributed by atoms with Gasteiger partial charge in [0.25, 0.3) is 0 Å². The van der Waals surface area contributed by atoms with Gasteiger partial charge in [0.05, 0.1) is 12.2 Å². The minimum absolute atomic E-state index is 0.0841. The molecule has 1 amide bonds. The van der Waals surface area contributed by atoms with Crippen molar-refractivity contribution in [3.8, 4) is 0 Å². The Bertz CT molecular complexity index is 779. The van der Waals surface area contributed by atoms with E-state index < -0.39 is 0 Å².